The number of para-hydroxylation sites is 2. The number of rotatable bonds is 6. The second-order valence-corrected chi connectivity index (χ2v) is 8.00. The molecule has 158 valence electrons. The van der Waals surface area contributed by atoms with Crippen LogP contribution in [-0.4, -0.2) is 19.5 Å². The number of nitrogens with two attached hydrogens (primary N) is 2. The van der Waals surface area contributed by atoms with Crippen molar-refractivity contribution in [2.75, 3.05) is 16.4 Å². The molecule has 2 heterocycles. The molecular formula is C21H21N7O2S. The van der Waals surface area contributed by atoms with E-state index in [0.717, 1.165) is 16.6 Å². The molecule has 0 aliphatic carbocycles. The molecule has 10 heteroatoms. The van der Waals surface area contributed by atoms with Crippen molar-refractivity contribution in [3.8, 4) is 0 Å². The van der Waals surface area contributed by atoms with Crippen LogP contribution in [0.2, 0.25) is 0 Å². The molecule has 0 fully saturated rings. The lowest BCUT2D eigenvalue weighted by Gasteiger charge is -2.26. The predicted octanol–water partition coefficient (Wildman–Crippen LogP) is 2.38. The van der Waals surface area contributed by atoms with E-state index in [0.29, 0.717) is 15.9 Å². The fourth-order valence-electron chi connectivity index (χ4n) is 3.13. The molecule has 0 spiro atoms. The number of H-pyrrole nitrogens is 2. The van der Waals surface area contributed by atoms with E-state index in [2.05, 4.69) is 21.5 Å². The summed E-state index contributed by atoms with van der Waals surface area (Å²) in [6, 6.07) is 14.9. The zero-order valence-electron chi connectivity index (χ0n) is 16.8. The Bertz CT molecular complexity index is 1350. The lowest BCUT2D eigenvalue weighted by molar-refractivity contribution is 0.799. The summed E-state index contributed by atoms with van der Waals surface area (Å²) in [6.45, 7) is 4.44. The van der Waals surface area contributed by atoms with Crippen LogP contribution < -0.4 is 27.6 Å². The van der Waals surface area contributed by atoms with Gasteiger partial charge < -0.3 is 21.4 Å². The number of aromatic nitrogens is 4. The van der Waals surface area contributed by atoms with Crippen LogP contribution in [0.25, 0.3) is 11.0 Å². The molecule has 2 aromatic heterocycles. The number of hydrogen-bond acceptors (Lipinski definition) is 7. The van der Waals surface area contributed by atoms with Gasteiger partial charge in [-0.05, 0) is 41.6 Å². The first kappa shape index (κ1) is 20.4. The minimum absolute atomic E-state index is 0.0375. The van der Waals surface area contributed by atoms with Crippen LogP contribution in [0.5, 0.6) is 0 Å². The van der Waals surface area contributed by atoms with Gasteiger partial charge in [0.05, 0.1) is 16.1 Å². The third-order valence-electron chi connectivity index (χ3n) is 4.82. The second-order valence-electron chi connectivity index (χ2n) is 6.93. The number of anilines is 3. The first-order valence-corrected chi connectivity index (χ1v) is 10.2. The van der Waals surface area contributed by atoms with Crippen LogP contribution in [0.3, 0.4) is 0 Å². The second kappa shape index (κ2) is 8.07. The normalized spacial score (nSPS) is 11.0. The van der Waals surface area contributed by atoms with Crippen LogP contribution >= 0.6 is 11.8 Å². The molecule has 0 saturated heterocycles. The predicted molar refractivity (Wildman–Crippen MR) is 125 cm³/mol. The van der Waals surface area contributed by atoms with Crippen molar-refractivity contribution < 1.29 is 0 Å². The van der Waals surface area contributed by atoms with Gasteiger partial charge >= 0.3 is 5.69 Å². The van der Waals surface area contributed by atoms with E-state index in [1.165, 1.54) is 23.4 Å². The van der Waals surface area contributed by atoms with Crippen LogP contribution in [0, 0.1) is 0 Å². The third-order valence-corrected chi connectivity index (χ3v) is 5.66. The summed E-state index contributed by atoms with van der Waals surface area (Å²) in [4.78, 5) is 36.4. The summed E-state index contributed by atoms with van der Waals surface area (Å²) in [6.07, 6.45) is 0. The molecule has 0 bridgehead atoms. The Kier molecular flexibility index (Phi) is 5.30. The minimum Gasteiger partial charge on any atom is -0.399 e. The molecule has 0 aliphatic rings. The number of thioether (sulfide) groups is 1. The van der Waals surface area contributed by atoms with E-state index >= 15 is 0 Å². The molecule has 0 amide bonds. The Morgan fingerprint density at radius 1 is 1.13 bits per heavy atom. The molecule has 4 aromatic rings. The highest BCUT2D eigenvalue weighted by atomic mass is 32.2. The lowest BCUT2D eigenvalue weighted by atomic mass is 10.2. The monoisotopic (exact) mass is 435 g/mol. The number of nitrogens with one attached hydrogen (secondary N) is 2. The van der Waals surface area contributed by atoms with Gasteiger partial charge in [0, 0.05) is 19.3 Å². The first-order chi connectivity index (χ1) is 14.8. The zero-order valence-corrected chi connectivity index (χ0v) is 17.6. The fourth-order valence-corrected chi connectivity index (χ4v) is 3.92. The van der Waals surface area contributed by atoms with Gasteiger partial charge in [0.25, 0.3) is 5.56 Å². The van der Waals surface area contributed by atoms with Crippen LogP contribution in [0.15, 0.2) is 74.9 Å². The Morgan fingerprint density at radius 2 is 1.84 bits per heavy atom. The number of hydrogen-bond donors (Lipinski definition) is 4. The molecule has 4 rings (SSSR count). The number of nitrogen functional groups attached to an aromatic ring is 2. The van der Waals surface area contributed by atoms with Crippen molar-refractivity contribution in [1.82, 2.24) is 19.5 Å². The van der Waals surface area contributed by atoms with E-state index in [1.54, 1.807) is 17.0 Å². The average molecular weight is 436 g/mol. The van der Waals surface area contributed by atoms with Gasteiger partial charge in [-0.25, -0.2) is 9.78 Å². The molecule has 2 aromatic carbocycles. The first-order valence-electron chi connectivity index (χ1n) is 9.35. The Hall–Kier alpha value is -3.92. The number of benzene rings is 2. The largest absolute Gasteiger partial charge is 0.399 e. The highest BCUT2D eigenvalue weighted by Crippen LogP contribution is 2.33. The Labute approximate surface area is 181 Å². The van der Waals surface area contributed by atoms with Crippen molar-refractivity contribution in [2.45, 2.75) is 11.7 Å². The van der Waals surface area contributed by atoms with Gasteiger partial charge in [-0.1, -0.05) is 30.8 Å². The Balaban J connectivity index is 1.75. The van der Waals surface area contributed by atoms with Crippen molar-refractivity contribution >= 4 is 40.0 Å². The Morgan fingerprint density at radius 3 is 2.55 bits per heavy atom. The summed E-state index contributed by atoms with van der Waals surface area (Å²) in [5.74, 6) is 0.0375. The van der Waals surface area contributed by atoms with Gasteiger partial charge in [-0.2, -0.15) is 0 Å². The van der Waals surface area contributed by atoms with Crippen molar-refractivity contribution in [2.24, 2.45) is 7.05 Å². The van der Waals surface area contributed by atoms with Gasteiger partial charge in [-0.15, -0.1) is 0 Å². The number of fused-ring (bicyclic) bond motifs is 1. The van der Waals surface area contributed by atoms with E-state index in [9.17, 15) is 9.59 Å². The molecule has 31 heavy (non-hydrogen) atoms. The quantitative estimate of drug-likeness (QED) is 0.269. The summed E-state index contributed by atoms with van der Waals surface area (Å²) in [5.41, 5.74) is 14.1. The van der Waals surface area contributed by atoms with Gasteiger partial charge in [0.15, 0.2) is 5.16 Å². The summed E-state index contributed by atoms with van der Waals surface area (Å²) < 4.78 is 1.19. The highest BCUT2D eigenvalue weighted by molar-refractivity contribution is 8.03. The number of nitrogens with zero attached hydrogens (tertiary/aromatic N) is 3. The van der Waals surface area contributed by atoms with Gasteiger partial charge in [0.2, 0.25) is 0 Å². The average Bonchev–Trinajstić information content (AvgIpc) is 3.15. The van der Waals surface area contributed by atoms with Crippen LogP contribution in [-0.2, 0) is 13.6 Å². The van der Waals surface area contributed by atoms with E-state index < -0.39 is 11.2 Å². The van der Waals surface area contributed by atoms with Gasteiger partial charge in [0.1, 0.15) is 11.5 Å². The molecule has 0 saturated carbocycles. The summed E-state index contributed by atoms with van der Waals surface area (Å²) in [5, 5.41) is 1.13. The van der Waals surface area contributed by atoms with Crippen LogP contribution in [0.4, 0.5) is 17.2 Å². The maximum Gasteiger partial charge on any atom is 0.329 e. The maximum atomic E-state index is 12.7. The topological polar surface area (TPSA) is 139 Å². The van der Waals surface area contributed by atoms with E-state index in [-0.39, 0.29) is 18.1 Å². The molecule has 0 radical (unpaired) electrons. The SMILES string of the molecule is C=C(Sc1nc2ccccc2[nH]1)N(Cc1ccc(N)cc1)c1c(N)n(C)c(=O)[nH]c1=O. The van der Waals surface area contributed by atoms with Crippen LogP contribution in [0.1, 0.15) is 5.56 Å². The molecule has 0 unspecified atom stereocenters. The zero-order chi connectivity index (χ0) is 22.1. The third kappa shape index (κ3) is 4.05. The van der Waals surface area contributed by atoms with E-state index in [4.69, 9.17) is 11.5 Å². The molecule has 9 nitrogen and oxygen atoms in total. The summed E-state index contributed by atoms with van der Waals surface area (Å²) in [7, 11) is 1.49. The fraction of sp³-hybridized carbons (Fsp3) is 0.0952. The molecule has 0 aliphatic heterocycles. The lowest BCUT2D eigenvalue weighted by Crippen LogP contribution is -2.36. The summed E-state index contributed by atoms with van der Waals surface area (Å²) >= 11 is 1.27. The highest BCUT2D eigenvalue weighted by Gasteiger charge is 2.22. The van der Waals surface area contributed by atoms with Gasteiger partial charge in [-0.3, -0.25) is 14.3 Å². The molecule has 0 atom stereocenters. The minimum atomic E-state index is -0.595. The van der Waals surface area contributed by atoms with Crippen molar-refractivity contribution in [3.05, 3.63) is 86.5 Å². The van der Waals surface area contributed by atoms with E-state index in [1.807, 2.05) is 36.4 Å². The molecular weight excluding hydrogens is 414 g/mol. The molecule has 6 N–H and O–H groups in total. The standard InChI is InChI=1S/C21H21N7O2S/c1-12(31-20-24-15-5-3-4-6-16(15)25-20)28(11-13-7-9-14(22)10-8-13)17-18(23)27(2)21(30)26-19(17)29/h3-10H,1,11,22-23H2,2H3,(H,24,25)(H,26,29,30). The van der Waals surface area contributed by atoms with Crippen molar-refractivity contribution in [1.29, 1.82) is 0 Å². The maximum absolute atomic E-state index is 12.7. The number of aromatic amines is 2. The smallest absolute Gasteiger partial charge is 0.329 e. The van der Waals surface area contributed by atoms with Crippen molar-refractivity contribution in [3.63, 3.8) is 0 Å². The number of imidazole rings is 1.